The van der Waals surface area contributed by atoms with Gasteiger partial charge < -0.3 is 10.1 Å². The van der Waals surface area contributed by atoms with Gasteiger partial charge in [0.15, 0.2) is 0 Å². The number of carbonyl (C=O) groups excluding carboxylic acids is 1. The average molecular weight is 256 g/mol. The Morgan fingerprint density at radius 1 is 1.47 bits per heavy atom. The maximum Gasteiger partial charge on any atom is 0.224 e. The van der Waals surface area contributed by atoms with Crippen LogP contribution in [0.5, 0.6) is 5.75 Å². The zero-order chi connectivity index (χ0) is 12.7. The first-order valence-electron chi connectivity index (χ1n) is 5.76. The van der Waals surface area contributed by atoms with Gasteiger partial charge in [-0.25, -0.2) is 0 Å². The summed E-state index contributed by atoms with van der Waals surface area (Å²) >= 11 is 5.98. The fourth-order valence-corrected chi connectivity index (χ4v) is 1.75. The summed E-state index contributed by atoms with van der Waals surface area (Å²) in [6.07, 6.45) is 2.44. The molecule has 1 rings (SSSR count). The molecule has 0 unspecified atom stereocenters. The molecule has 0 atom stereocenters. The molecule has 0 radical (unpaired) electrons. The van der Waals surface area contributed by atoms with Crippen molar-refractivity contribution in [3.8, 4) is 5.75 Å². The number of ether oxygens (including phenoxy) is 1. The maximum atomic E-state index is 11.6. The van der Waals surface area contributed by atoms with Gasteiger partial charge >= 0.3 is 0 Å². The van der Waals surface area contributed by atoms with Crippen LogP contribution in [0.4, 0.5) is 0 Å². The molecule has 0 heterocycles. The Labute approximate surface area is 107 Å². The van der Waals surface area contributed by atoms with Gasteiger partial charge in [0.2, 0.25) is 5.91 Å². The average Bonchev–Trinajstić information content (AvgIpc) is 2.29. The lowest BCUT2D eigenvalue weighted by atomic mass is 10.1. The molecule has 1 N–H and O–H groups in total. The summed E-state index contributed by atoms with van der Waals surface area (Å²) in [5.41, 5.74) is 0.893. The first-order chi connectivity index (χ1) is 8.17. The molecule has 0 aromatic heterocycles. The number of hydrogen-bond donors (Lipinski definition) is 1. The summed E-state index contributed by atoms with van der Waals surface area (Å²) in [4.78, 5) is 11.6. The van der Waals surface area contributed by atoms with Gasteiger partial charge in [0.25, 0.3) is 0 Å². The van der Waals surface area contributed by atoms with Gasteiger partial charge in [-0.15, -0.1) is 0 Å². The highest BCUT2D eigenvalue weighted by Crippen LogP contribution is 2.24. The second kappa shape index (κ2) is 7.17. The van der Waals surface area contributed by atoms with Crippen molar-refractivity contribution < 1.29 is 9.53 Å². The Morgan fingerprint density at radius 3 is 2.82 bits per heavy atom. The highest BCUT2D eigenvalue weighted by molar-refractivity contribution is 6.32. The molecular weight excluding hydrogens is 238 g/mol. The van der Waals surface area contributed by atoms with Crippen LogP contribution in [0.25, 0.3) is 0 Å². The summed E-state index contributed by atoms with van der Waals surface area (Å²) in [6.45, 7) is 2.83. The van der Waals surface area contributed by atoms with E-state index >= 15 is 0 Å². The van der Waals surface area contributed by atoms with E-state index in [-0.39, 0.29) is 5.91 Å². The van der Waals surface area contributed by atoms with Gasteiger partial charge in [0.1, 0.15) is 5.75 Å². The molecule has 0 bridgehead atoms. The van der Waals surface area contributed by atoms with E-state index in [1.165, 1.54) is 0 Å². The van der Waals surface area contributed by atoms with Crippen molar-refractivity contribution in [2.75, 3.05) is 13.7 Å². The molecule has 1 amide bonds. The Kier molecular flexibility index (Phi) is 5.84. The topological polar surface area (TPSA) is 38.3 Å². The van der Waals surface area contributed by atoms with E-state index in [9.17, 15) is 4.79 Å². The Hall–Kier alpha value is -1.22. The van der Waals surface area contributed by atoms with Crippen LogP contribution >= 0.6 is 11.6 Å². The van der Waals surface area contributed by atoms with Crippen LogP contribution in [0.2, 0.25) is 5.02 Å². The normalized spacial score (nSPS) is 10.1. The first-order valence-corrected chi connectivity index (χ1v) is 6.14. The van der Waals surface area contributed by atoms with Crippen LogP contribution < -0.4 is 10.1 Å². The molecule has 0 saturated carbocycles. The zero-order valence-electron chi connectivity index (χ0n) is 10.3. The molecule has 0 aliphatic rings. The van der Waals surface area contributed by atoms with Crippen LogP contribution in [0.15, 0.2) is 18.2 Å². The van der Waals surface area contributed by atoms with Gasteiger partial charge in [-0.3, -0.25) is 4.79 Å². The smallest absolute Gasteiger partial charge is 0.224 e. The van der Waals surface area contributed by atoms with Crippen molar-refractivity contribution in [1.29, 1.82) is 0 Å². The molecule has 1 aromatic carbocycles. The highest BCUT2D eigenvalue weighted by atomic mass is 35.5. The van der Waals surface area contributed by atoms with Crippen LogP contribution in [0, 0.1) is 0 Å². The Bertz CT molecular complexity index is 380. The van der Waals surface area contributed by atoms with Crippen molar-refractivity contribution in [2.24, 2.45) is 0 Å². The van der Waals surface area contributed by atoms with Gasteiger partial charge in [-0.05, 0) is 24.1 Å². The molecule has 4 heteroatoms. The number of unbranched alkanes of at least 4 members (excludes halogenated alkanes) is 1. The van der Waals surface area contributed by atoms with E-state index in [0.29, 0.717) is 17.2 Å². The number of amides is 1. The number of nitrogens with one attached hydrogen (secondary N) is 1. The fraction of sp³-hybridized carbons (Fsp3) is 0.462. The van der Waals surface area contributed by atoms with Crippen molar-refractivity contribution >= 4 is 17.5 Å². The number of halogens is 1. The van der Waals surface area contributed by atoms with E-state index in [1.807, 2.05) is 6.07 Å². The lowest BCUT2D eigenvalue weighted by molar-refractivity contribution is -0.120. The van der Waals surface area contributed by atoms with Gasteiger partial charge in [-0.1, -0.05) is 31.0 Å². The summed E-state index contributed by atoms with van der Waals surface area (Å²) in [6, 6.07) is 5.39. The van der Waals surface area contributed by atoms with Crippen LogP contribution in [0.1, 0.15) is 25.3 Å². The minimum atomic E-state index is 0.0275. The summed E-state index contributed by atoms with van der Waals surface area (Å²) < 4.78 is 5.05. The van der Waals surface area contributed by atoms with Gasteiger partial charge in [0.05, 0.1) is 18.6 Å². The molecule has 0 fully saturated rings. The van der Waals surface area contributed by atoms with E-state index in [1.54, 1.807) is 19.2 Å². The van der Waals surface area contributed by atoms with Crippen molar-refractivity contribution in [1.82, 2.24) is 5.32 Å². The molecule has 17 heavy (non-hydrogen) atoms. The molecule has 0 spiro atoms. The summed E-state index contributed by atoms with van der Waals surface area (Å²) in [5, 5.41) is 3.40. The predicted octanol–water partition coefficient (Wildman–Crippen LogP) is 2.81. The molecular formula is C13H18ClNO2. The van der Waals surface area contributed by atoms with Crippen molar-refractivity contribution in [3.63, 3.8) is 0 Å². The predicted molar refractivity (Wildman–Crippen MR) is 69.6 cm³/mol. The second-order valence-electron chi connectivity index (χ2n) is 3.85. The maximum absolute atomic E-state index is 11.6. The molecule has 3 nitrogen and oxygen atoms in total. The number of benzene rings is 1. The number of rotatable bonds is 6. The monoisotopic (exact) mass is 255 g/mol. The molecule has 0 aliphatic heterocycles. The SMILES string of the molecule is CCCCNC(=O)Cc1ccc(OC)c(Cl)c1. The molecule has 94 valence electrons. The van der Waals surface area contributed by atoms with E-state index < -0.39 is 0 Å². The zero-order valence-corrected chi connectivity index (χ0v) is 11.0. The molecule has 0 saturated heterocycles. The van der Waals surface area contributed by atoms with Crippen LogP contribution in [0.3, 0.4) is 0 Å². The number of hydrogen-bond acceptors (Lipinski definition) is 2. The highest BCUT2D eigenvalue weighted by Gasteiger charge is 2.06. The van der Waals surface area contributed by atoms with Crippen molar-refractivity contribution in [3.05, 3.63) is 28.8 Å². The number of carbonyl (C=O) groups is 1. The van der Waals surface area contributed by atoms with Crippen LogP contribution in [-0.2, 0) is 11.2 Å². The Morgan fingerprint density at radius 2 is 2.24 bits per heavy atom. The van der Waals surface area contributed by atoms with E-state index in [0.717, 1.165) is 24.9 Å². The fourth-order valence-electron chi connectivity index (χ4n) is 1.47. The second-order valence-corrected chi connectivity index (χ2v) is 4.26. The lowest BCUT2D eigenvalue weighted by Gasteiger charge is -2.07. The Balaban J connectivity index is 2.51. The molecule has 1 aromatic rings. The number of methoxy groups -OCH3 is 1. The van der Waals surface area contributed by atoms with Crippen LogP contribution in [-0.4, -0.2) is 19.6 Å². The lowest BCUT2D eigenvalue weighted by Crippen LogP contribution is -2.25. The standard InChI is InChI=1S/C13H18ClNO2/c1-3-4-7-15-13(16)9-10-5-6-12(17-2)11(14)8-10/h5-6,8H,3-4,7,9H2,1-2H3,(H,15,16). The third-order valence-electron chi connectivity index (χ3n) is 2.43. The minimum absolute atomic E-state index is 0.0275. The third kappa shape index (κ3) is 4.65. The largest absolute Gasteiger partial charge is 0.495 e. The first kappa shape index (κ1) is 13.8. The van der Waals surface area contributed by atoms with E-state index in [4.69, 9.17) is 16.3 Å². The molecule has 0 aliphatic carbocycles. The van der Waals surface area contributed by atoms with Gasteiger partial charge in [0, 0.05) is 6.54 Å². The summed E-state index contributed by atoms with van der Waals surface area (Å²) in [5.74, 6) is 0.654. The minimum Gasteiger partial charge on any atom is -0.495 e. The van der Waals surface area contributed by atoms with Gasteiger partial charge in [-0.2, -0.15) is 0 Å². The third-order valence-corrected chi connectivity index (χ3v) is 2.73. The summed E-state index contributed by atoms with van der Waals surface area (Å²) in [7, 11) is 1.57. The quantitative estimate of drug-likeness (QED) is 0.794. The van der Waals surface area contributed by atoms with Crippen molar-refractivity contribution in [2.45, 2.75) is 26.2 Å². The van der Waals surface area contributed by atoms with E-state index in [2.05, 4.69) is 12.2 Å².